The largest absolute Gasteiger partial charge is 0.353 e. The van der Waals surface area contributed by atoms with E-state index in [4.69, 9.17) is 0 Å². The van der Waals surface area contributed by atoms with E-state index in [2.05, 4.69) is 10.6 Å². The van der Waals surface area contributed by atoms with Gasteiger partial charge in [-0.1, -0.05) is 6.07 Å². The van der Waals surface area contributed by atoms with Gasteiger partial charge >= 0.3 is 0 Å². The topological polar surface area (TPSA) is 78.5 Å². The van der Waals surface area contributed by atoms with Crippen molar-refractivity contribution in [3.8, 4) is 0 Å². The SMILES string of the molecule is CC(=O)Nc1cccc(C(=O)N2CCC(NC(=O)C3CC3)CC2)c1. The van der Waals surface area contributed by atoms with E-state index in [0.717, 1.165) is 25.7 Å². The first-order chi connectivity index (χ1) is 11.5. The number of likely N-dealkylation sites (tertiary alicyclic amines) is 1. The molecule has 0 aromatic heterocycles. The fraction of sp³-hybridized carbons (Fsp3) is 0.500. The number of nitrogens with one attached hydrogen (secondary N) is 2. The quantitative estimate of drug-likeness (QED) is 0.884. The molecule has 3 rings (SSSR count). The van der Waals surface area contributed by atoms with E-state index in [1.54, 1.807) is 24.3 Å². The summed E-state index contributed by atoms with van der Waals surface area (Å²) in [5, 5.41) is 5.78. The molecular formula is C18H23N3O3. The van der Waals surface area contributed by atoms with Gasteiger partial charge in [-0.3, -0.25) is 14.4 Å². The average Bonchev–Trinajstić information content (AvgIpc) is 3.39. The minimum atomic E-state index is -0.160. The fourth-order valence-electron chi connectivity index (χ4n) is 3.01. The second kappa shape index (κ2) is 7.03. The van der Waals surface area contributed by atoms with E-state index in [9.17, 15) is 14.4 Å². The molecule has 2 N–H and O–H groups in total. The molecule has 24 heavy (non-hydrogen) atoms. The zero-order valence-corrected chi connectivity index (χ0v) is 13.9. The highest BCUT2D eigenvalue weighted by Gasteiger charge is 2.32. The molecule has 128 valence electrons. The van der Waals surface area contributed by atoms with Gasteiger partial charge in [0.15, 0.2) is 0 Å². The third kappa shape index (κ3) is 4.13. The maximum Gasteiger partial charge on any atom is 0.253 e. The highest BCUT2D eigenvalue weighted by Crippen LogP contribution is 2.29. The molecule has 6 nitrogen and oxygen atoms in total. The molecule has 0 spiro atoms. The molecule has 0 atom stereocenters. The first kappa shape index (κ1) is 16.5. The number of rotatable bonds is 4. The molecule has 2 aliphatic rings. The minimum absolute atomic E-state index is 0.0332. The van der Waals surface area contributed by atoms with Crippen molar-refractivity contribution in [2.24, 2.45) is 5.92 Å². The lowest BCUT2D eigenvalue weighted by Crippen LogP contribution is -2.46. The first-order valence-electron chi connectivity index (χ1n) is 8.50. The Morgan fingerprint density at radius 2 is 1.79 bits per heavy atom. The van der Waals surface area contributed by atoms with Gasteiger partial charge in [-0.2, -0.15) is 0 Å². The summed E-state index contributed by atoms with van der Waals surface area (Å²) in [6, 6.07) is 7.16. The number of carbonyl (C=O) groups excluding carboxylic acids is 3. The summed E-state index contributed by atoms with van der Waals surface area (Å²) in [7, 11) is 0. The summed E-state index contributed by atoms with van der Waals surface area (Å²) in [6.45, 7) is 2.72. The normalized spacial score (nSPS) is 18.1. The van der Waals surface area contributed by atoms with Crippen LogP contribution in [0.3, 0.4) is 0 Å². The summed E-state index contributed by atoms with van der Waals surface area (Å²) >= 11 is 0. The van der Waals surface area contributed by atoms with Crippen LogP contribution in [0.1, 0.15) is 43.0 Å². The molecule has 1 saturated carbocycles. The van der Waals surface area contributed by atoms with Crippen molar-refractivity contribution >= 4 is 23.4 Å². The molecule has 2 fully saturated rings. The Kier molecular flexibility index (Phi) is 4.83. The third-order valence-corrected chi connectivity index (χ3v) is 4.51. The fourth-order valence-corrected chi connectivity index (χ4v) is 3.01. The maximum absolute atomic E-state index is 12.6. The molecule has 1 aromatic carbocycles. The molecule has 0 unspecified atom stereocenters. The highest BCUT2D eigenvalue weighted by molar-refractivity contribution is 5.96. The van der Waals surface area contributed by atoms with Crippen LogP contribution in [0.25, 0.3) is 0 Å². The Hall–Kier alpha value is -2.37. The van der Waals surface area contributed by atoms with Crippen LogP contribution in [0.4, 0.5) is 5.69 Å². The van der Waals surface area contributed by atoms with Gasteiger partial charge in [-0.25, -0.2) is 0 Å². The second-order valence-corrected chi connectivity index (χ2v) is 6.61. The van der Waals surface area contributed by atoms with E-state index in [1.807, 2.05) is 4.90 Å². The Balaban J connectivity index is 1.54. The van der Waals surface area contributed by atoms with Crippen molar-refractivity contribution in [1.29, 1.82) is 0 Å². The summed E-state index contributed by atoms with van der Waals surface area (Å²) < 4.78 is 0. The number of hydrogen-bond donors (Lipinski definition) is 2. The average molecular weight is 329 g/mol. The highest BCUT2D eigenvalue weighted by atomic mass is 16.2. The maximum atomic E-state index is 12.6. The third-order valence-electron chi connectivity index (χ3n) is 4.51. The van der Waals surface area contributed by atoms with Gasteiger partial charge in [0.2, 0.25) is 11.8 Å². The predicted molar refractivity (Wildman–Crippen MR) is 90.5 cm³/mol. The van der Waals surface area contributed by atoms with Crippen molar-refractivity contribution in [2.45, 2.75) is 38.6 Å². The standard InChI is InChI=1S/C18H23N3O3/c1-12(22)19-16-4-2-3-14(11-16)18(24)21-9-7-15(8-10-21)20-17(23)13-5-6-13/h2-4,11,13,15H,5-10H2,1H3,(H,19,22)(H,20,23). The van der Waals surface area contributed by atoms with Crippen LogP contribution in [0.2, 0.25) is 0 Å². The van der Waals surface area contributed by atoms with E-state index in [0.29, 0.717) is 24.3 Å². The zero-order valence-electron chi connectivity index (χ0n) is 13.9. The van der Waals surface area contributed by atoms with Crippen LogP contribution in [0.5, 0.6) is 0 Å². The summed E-state index contributed by atoms with van der Waals surface area (Å²) in [4.78, 5) is 37.4. The molecule has 1 aromatic rings. The van der Waals surface area contributed by atoms with Gasteiger partial charge in [-0.05, 0) is 43.9 Å². The van der Waals surface area contributed by atoms with E-state index >= 15 is 0 Å². The van der Waals surface area contributed by atoms with Gasteiger partial charge < -0.3 is 15.5 Å². The number of nitrogens with zero attached hydrogens (tertiary/aromatic N) is 1. The van der Waals surface area contributed by atoms with Crippen LogP contribution in [-0.4, -0.2) is 41.8 Å². The lowest BCUT2D eigenvalue weighted by Gasteiger charge is -2.32. The van der Waals surface area contributed by atoms with Crippen LogP contribution in [0.15, 0.2) is 24.3 Å². The summed E-state index contributed by atoms with van der Waals surface area (Å²) in [5.74, 6) is 0.199. The summed E-state index contributed by atoms with van der Waals surface area (Å²) in [5.41, 5.74) is 1.20. The minimum Gasteiger partial charge on any atom is -0.353 e. The van der Waals surface area contributed by atoms with E-state index in [1.165, 1.54) is 6.92 Å². The van der Waals surface area contributed by atoms with Crippen LogP contribution in [-0.2, 0) is 9.59 Å². The number of hydrogen-bond acceptors (Lipinski definition) is 3. The number of anilines is 1. The van der Waals surface area contributed by atoms with E-state index in [-0.39, 0.29) is 29.7 Å². The molecule has 0 radical (unpaired) electrons. The van der Waals surface area contributed by atoms with Gasteiger partial charge in [0.05, 0.1) is 0 Å². The lowest BCUT2D eigenvalue weighted by atomic mass is 10.0. The Morgan fingerprint density at radius 1 is 1.08 bits per heavy atom. The Bertz CT molecular complexity index is 647. The summed E-state index contributed by atoms with van der Waals surface area (Å²) in [6.07, 6.45) is 3.59. The predicted octanol–water partition coefficient (Wildman–Crippen LogP) is 1.78. The molecule has 6 heteroatoms. The molecular weight excluding hydrogens is 306 g/mol. The van der Waals surface area contributed by atoms with Crippen molar-refractivity contribution in [1.82, 2.24) is 10.2 Å². The molecule has 3 amide bonds. The van der Waals surface area contributed by atoms with Crippen LogP contribution >= 0.6 is 0 Å². The smallest absolute Gasteiger partial charge is 0.253 e. The molecule has 1 aliphatic heterocycles. The van der Waals surface area contributed by atoms with Crippen LogP contribution < -0.4 is 10.6 Å². The van der Waals surface area contributed by atoms with Gasteiger partial charge in [0, 0.05) is 43.2 Å². The first-order valence-corrected chi connectivity index (χ1v) is 8.50. The van der Waals surface area contributed by atoms with Crippen molar-refractivity contribution in [3.05, 3.63) is 29.8 Å². The Morgan fingerprint density at radius 3 is 2.42 bits per heavy atom. The van der Waals surface area contributed by atoms with Crippen molar-refractivity contribution in [3.63, 3.8) is 0 Å². The Labute approximate surface area is 141 Å². The van der Waals surface area contributed by atoms with Crippen molar-refractivity contribution in [2.75, 3.05) is 18.4 Å². The second-order valence-electron chi connectivity index (χ2n) is 6.61. The van der Waals surface area contributed by atoms with Gasteiger partial charge in [0.25, 0.3) is 5.91 Å². The number of amides is 3. The molecule has 0 bridgehead atoms. The number of benzene rings is 1. The lowest BCUT2D eigenvalue weighted by molar-refractivity contribution is -0.123. The van der Waals surface area contributed by atoms with Crippen LogP contribution in [0, 0.1) is 5.92 Å². The zero-order chi connectivity index (χ0) is 17.1. The van der Waals surface area contributed by atoms with E-state index < -0.39 is 0 Å². The van der Waals surface area contributed by atoms with Crippen molar-refractivity contribution < 1.29 is 14.4 Å². The molecule has 1 heterocycles. The molecule has 1 saturated heterocycles. The van der Waals surface area contributed by atoms with Gasteiger partial charge in [0.1, 0.15) is 0 Å². The monoisotopic (exact) mass is 329 g/mol. The molecule has 1 aliphatic carbocycles. The number of carbonyl (C=O) groups is 3. The van der Waals surface area contributed by atoms with Gasteiger partial charge in [-0.15, -0.1) is 0 Å². The number of piperidine rings is 1.